The Kier molecular flexibility index (Phi) is 4.63. The molecule has 0 radical (unpaired) electrons. The van der Waals surface area contributed by atoms with Gasteiger partial charge in [-0.25, -0.2) is 4.79 Å². The predicted molar refractivity (Wildman–Crippen MR) is 83.1 cm³/mol. The van der Waals surface area contributed by atoms with E-state index in [0.29, 0.717) is 11.4 Å². The zero-order valence-electron chi connectivity index (χ0n) is 12.0. The number of rotatable bonds is 5. The first-order valence-corrected chi connectivity index (χ1v) is 6.55. The normalized spacial score (nSPS) is 10.0. The highest BCUT2D eigenvalue weighted by atomic mass is 16.5. The van der Waals surface area contributed by atoms with Gasteiger partial charge < -0.3 is 20.9 Å². The van der Waals surface area contributed by atoms with Gasteiger partial charge in [0.05, 0.1) is 24.8 Å². The first kappa shape index (κ1) is 15.4. The van der Waals surface area contributed by atoms with Crippen molar-refractivity contribution in [1.29, 1.82) is 0 Å². The number of carbonyl (C=O) groups is 2. The van der Waals surface area contributed by atoms with E-state index in [1.54, 1.807) is 24.3 Å². The third-order valence-corrected chi connectivity index (χ3v) is 3.08. The van der Waals surface area contributed by atoms with E-state index in [2.05, 4.69) is 5.32 Å². The molecule has 6 nitrogen and oxygen atoms in total. The molecule has 1 amide bonds. The summed E-state index contributed by atoms with van der Waals surface area (Å²) in [6.07, 6.45) is 0.122. The van der Waals surface area contributed by atoms with E-state index in [4.69, 9.17) is 15.6 Å². The molecule has 2 rings (SSSR count). The van der Waals surface area contributed by atoms with Crippen molar-refractivity contribution in [2.24, 2.45) is 0 Å². The zero-order valence-corrected chi connectivity index (χ0v) is 12.0. The van der Waals surface area contributed by atoms with Crippen LogP contribution in [0.5, 0.6) is 5.75 Å². The summed E-state index contributed by atoms with van der Waals surface area (Å²) in [6.45, 7) is 0. The van der Waals surface area contributed by atoms with Crippen LogP contribution in [0.15, 0.2) is 42.5 Å². The van der Waals surface area contributed by atoms with Crippen LogP contribution in [0.25, 0.3) is 0 Å². The summed E-state index contributed by atoms with van der Waals surface area (Å²) in [7, 11) is 1.47. The van der Waals surface area contributed by atoms with E-state index in [1.807, 2.05) is 0 Å². The van der Waals surface area contributed by atoms with Gasteiger partial charge in [0.15, 0.2) is 0 Å². The van der Waals surface area contributed by atoms with Crippen LogP contribution in [0.1, 0.15) is 15.9 Å². The molecule has 0 unspecified atom stereocenters. The Bertz CT molecular complexity index is 696. The van der Waals surface area contributed by atoms with Crippen LogP contribution in [0.2, 0.25) is 0 Å². The summed E-state index contributed by atoms with van der Waals surface area (Å²) in [4.78, 5) is 23.3. The fourth-order valence-electron chi connectivity index (χ4n) is 1.96. The van der Waals surface area contributed by atoms with Gasteiger partial charge in [-0.1, -0.05) is 12.1 Å². The number of nitrogen functional groups attached to an aromatic ring is 1. The highest BCUT2D eigenvalue weighted by Crippen LogP contribution is 2.23. The number of carbonyl (C=O) groups excluding carboxylic acids is 1. The smallest absolute Gasteiger partial charge is 0.337 e. The second-order valence-electron chi connectivity index (χ2n) is 4.68. The van der Waals surface area contributed by atoms with Crippen molar-refractivity contribution >= 4 is 23.3 Å². The van der Waals surface area contributed by atoms with Gasteiger partial charge in [0.1, 0.15) is 5.75 Å². The molecule has 22 heavy (non-hydrogen) atoms. The van der Waals surface area contributed by atoms with Crippen molar-refractivity contribution in [2.75, 3.05) is 18.2 Å². The summed E-state index contributed by atoms with van der Waals surface area (Å²) in [5.74, 6) is -0.973. The maximum Gasteiger partial charge on any atom is 0.337 e. The summed E-state index contributed by atoms with van der Waals surface area (Å²) in [5.41, 5.74) is 7.19. The quantitative estimate of drug-likeness (QED) is 0.734. The summed E-state index contributed by atoms with van der Waals surface area (Å²) in [6, 6.07) is 11.3. The molecule has 4 N–H and O–H groups in total. The Hall–Kier alpha value is -3.02. The van der Waals surface area contributed by atoms with Crippen LogP contribution < -0.4 is 15.8 Å². The van der Waals surface area contributed by atoms with Crippen LogP contribution in [0.3, 0.4) is 0 Å². The van der Waals surface area contributed by atoms with Crippen LogP contribution in [0, 0.1) is 0 Å². The van der Waals surface area contributed by atoms with Crippen LogP contribution in [0.4, 0.5) is 11.4 Å². The Balaban J connectivity index is 2.16. The number of hydrogen-bond acceptors (Lipinski definition) is 4. The van der Waals surface area contributed by atoms with E-state index in [-0.39, 0.29) is 23.6 Å². The fourth-order valence-corrected chi connectivity index (χ4v) is 1.96. The first-order chi connectivity index (χ1) is 10.5. The Morgan fingerprint density at radius 1 is 1.18 bits per heavy atom. The largest absolute Gasteiger partial charge is 0.497 e. The molecule has 0 spiro atoms. The van der Waals surface area contributed by atoms with Crippen molar-refractivity contribution in [1.82, 2.24) is 0 Å². The molecule has 0 aromatic heterocycles. The van der Waals surface area contributed by atoms with E-state index in [0.717, 1.165) is 5.56 Å². The lowest BCUT2D eigenvalue weighted by Crippen LogP contribution is -2.17. The lowest BCUT2D eigenvalue weighted by Gasteiger charge is -2.10. The third-order valence-electron chi connectivity index (χ3n) is 3.08. The van der Waals surface area contributed by atoms with E-state index < -0.39 is 5.97 Å². The minimum Gasteiger partial charge on any atom is -0.497 e. The minimum atomic E-state index is -1.12. The van der Waals surface area contributed by atoms with E-state index in [1.165, 1.54) is 25.3 Å². The lowest BCUT2D eigenvalue weighted by atomic mass is 10.1. The van der Waals surface area contributed by atoms with Gasteiger partial charge in [0.25, 0.3) is 0 Å². The number of hydrogen-bond donors (Lipinski definition) is 3. The number of carboxylic acid groups (broad SMARTS) is 1. The zero-order chi connectivity index (χ0) is 16.1. The summed E-state index contributed by atoms with van der Waals surface area (Å²) in [5, 5.41) is 11.8. The molecule has 0 saturated carbocycles. The molecule has 6 heteroatoms. The average molecular weight is 300 g/mol. The maximum absolute atomic E-state index is 12.1. The molecule has 0 saturated heterocycles. The molecule has 0 fully saturated rings. The molecule has 0 heterocycles. The van der Waals surface area contributed by atoms with Crippen molar-refractivity contribution in [2.45, 2.75) is 6.42 Å². The molecule has 2 aromatic rings. The summed E-state index contributed by atoms with van der Waals surface area (Å²) >= 11 is 0. The average Bonchev–Trinajstić information content (AvgIpc) is 2.49. The highest BCUT2D eigenvalue weighted by molar-refractivity contribution is 6.01. The van der Waals surface area contributed by atoms with Gasteiger partial charge in [0.2, 0.25) is 5.91 Å². The molecule has 0 aliphatic carbocycles. The van der Waals surface area contributed by atoms with Gasteiger partial charge in [-0.15, -0.1) is 0 Å². The molecule has 0 aliphatic rings. The number of nitrogens with two attached hydrogens (primary N) is 1. The molecule has 0 atom stereocenters. The molecule has 0 aliphatic heterocycles. The number of nitrogens with one attached hydrogen (secondary N) is 1. The lowest BCUT2D eigenvalue weighted by molar-refractivity contribution is -0.115. The minimum absolute atomic E-state index is 0.00598. The number of aromatic carboxylic acids is 1. The van der Waals surface area contributed by atoms with Gasteiger partial charge in [-0.05, 0) is 29.8 Å². The van der Waals surface area contributed by atoms with Gasteiger partial charge in [-0.3, -0.25) is 4.79 Å². The van der Waals surface area contributed by atoms with Crippen LogP contribution in [-0.4, -0.2) is 24.1 Å². The first-order valence-electron chi connectivity index (χ1n) is 6.55. The van der Waals surface area contributed by atoms with Crippen molar-refractivity contribution in [3.63, 3.8) is 0 Å². The summed E-state index contributed by atoms with van der Waals surface area (Å²) < 4.78 is 5.04. The Morgan fingerprint density at radius 3 is 2.45 bits per heavy atom. The standard InChI is InChI=1S/C16H16N2O4/c1-22-12-6-7-13(16(20)21)14(9-12)18-15(19)8-10-2-4-11(17)5-3-10/h2-7,9H,8,17H2,1H3,(H,18,19)(H,20,21). The molecule has 114 valence electrons. The number of anilines is 2. The molecule has 2 aromatic carbocycles. The van der Waals surface area contributed by atoms with Crippen molar-refractivity contribution in [3.8, 4) is 5.75 Å². The number of carboxylic acids is 1. The fraction of sp³-hybridized carbons (Fsp3) is 0.125. The SMILES string of the molecule is COc1ccc(C(=O)O)c(NC(=O)Cc2ccc(N)cc2)c1. The van der Waals surface area contributed by atoms with Gasteiger partial charge in [-0.2, -0.15) is 0 Å². The highest BCUT2D eigenvalue weighted by Gasteiger charge is 2.14. The topological polar surface area (TPSA) is 102 Å². The Morgan fingerprint density at radius 2 is 1.86 bits per heavy atom. The number of benzene rings is 2. The number of amides is 1. The predicted octanol–water partition coefficient (Wildman–Crippen LogP) is 2.16. The number of ether oxygens (including phenoxy) is 1. The maximum atomic E-state index is 12.1. The van der Waals surface area contributed by atoms with Gasteiger partial charge in [0, 0.05) is 11.8 Å². The molecular weight excluding hydrogens is 284 g/mol. The van der Waals surface area contributed by atoms with E-state index >= 15 is 0 Å². The van der Waals surface area contributed by atoms with E-state index in [9.17, 15) is 9.59 Å². The monoisotopic (exact) mass is 300 g/mol. The molecular formula is C16H16N2O4. The third kappa shape index (κ3) is 3.76. The van der Waals surface area contributed by atoms with Crippen molar-refractivity contribution < 1.29 is 19.4 Å². The van der Waals surface area contributed by atoms with Crippen LogP contribution in [-0.2, 0) is 11.2 Å². The van der Waals surface area contributed by atoms with Crippen molar-refractivity contribution in [3.05, 3.63) is 53.6 Å². The second kappa shape index (κ2) is 6.62. The van der Waals surface area contributed by atoms with Gasteiger partial charge >= 0.3 is 5.97 Å². The number of methoxy groups -OCH3 is 1. The molecule has 0 bridgehead atoms. The van der Waals surface area contributed by atoms with Crippen LogP contribution >= 0.6 is 0 Å². The Labute approximate surface area is 127 Å². The second-order valence-corrected chi connectivity index (χ2v) is 4.68.